The SMILES string of the molecule is O=C(CCc1cccc(Cl)c1)N[C@@H](Cc1ccc(N[SH](=O)=O)cc1)c1csc(-c2cccs2)n1. The van der Waals surface area contributed by atoms with Crippen LogP contribution in [0.15, 0.2) is 71.4 Å². The molecule has 0 fully saturated rings. The summed E-state index contributed by atoms with van der Waals surface area (Å²) in [5.41, 5.74) is 3.26. The molecule has 4 aromatic rings. The molecule has 0 aliphatic heterocycles. The van der Waals surface area contributed by atoms with Crippen LogP contribution in [0.2, 0.25) is 5.02 Å². The standard InChI is InChI=1S/C24H22ClN3O3S3/c25-18-4-1-3-16(13-18)8-11-23(29)26-20(14-17-6-9-19(10-7-17)28-34(30)31)21-15-33-24(27-21)22-5-2-12-32-22/h1-7,9-10,12-13,15,20,34H,8,11,14H2,(H,26,29)(H,28,30,31)/t20-/m0/s1. The smallest absolute Gasteiger partial charge is 0.222 e. The number of benzene rings is 2. The number of amides is 1. The monoisotopic (exact) mass is 531 g/mol. The molecule has 4 rings (SSSR count). The van der Waals surface area contributed by atoms with Crippen LogP contribution in [0.5, 0.6) is 0 Å². The van der Waals surface area contributed by atoms with Crippen molar-refractivity contribution in [1.29, 1.82) is 0 Å². The van der Waals surface area contributed by atoms with Crippen LogP contribution in [0.4, 0.5) is 5.69 Å². The van der Waals surface area contributed by atoms with Gasteiger partial charge in [0.1, 0.15) is 5.01 Å². The van der Waals surface area contributed by atoms with E-state index < -0.39 is 10.9 Å². The Kier molecular flexibility index (Phi) is 8.34. The summed E-state index contributed by atoms with van der Waals surface area (Å²) in [6.07, 6.45) is 1.45. The minimum Gasteiger partial charge on any atom is -0.347 e. The van der Waals surface area contributed by atoms with Gasteiger partial charge in [0.15, 0.2) is 0 Å². The van der Waals surface area contributed by atoms with Crippen molar-refractivity contribution in [2.75, 3.05) is 4.72 Å². The van der Waals surface area contributed by atoms with Crippen molar-refractivity contribution < 1.29 is 13.2 Å². The molecule has 6 nitrogen and oxygen atoms in total. The lowest BCUT2D eigenvalue weighted by Gasteiger charge is -2.18. The number of nitrogens with zero attached hydrogens (tertiary/aromatic N) is 1. The first-order chi connectivity index (χ1) is 16.5. The quantitative estimate of drug-likeness (QED) is 0.236. The van der Waals surface area contributed by atoms with Gasteiger partial charge in [-0.25, -0.2) is 13.4 Å². The zero-order chi connectivity index (χ0) is 23.9. The number of aryl methyl sites for hydroxylation is 1. The number of hydrogen-bond acceptors (Lipinski definition) is 6. The van der Waals surface area contributed by atoms with Gasteiger partial charge in [-0.05, 0) is 59.7 Å². The Bertz CT molecular complexity index is 1310. The molecule has 2 N–H and O–H groups in total. The number of rotatable bonds is 10. The Morgan fingerprint density at radius 2 is 1.85 bits per heavy atom. The Balaban J connectivity index is 1.49. The molecular weight excluding hydrogens is 510 g/mol. The number of halogens is 1. The van der Waals surface area contributed by atoms with E-state index >= 15 is 0 Å². The van der Waals surface area contributed by atoms with Gasteiger partial charge < -0.3 is 5.32 Å². The molecule has 0 radical (unpaired) electrons. The summed E-state index contributed by atoms with van der Waals surface area (Å²) < 4.78 is 24.1. The van der Waals surface area contributed by atoms with Gasteiger partial charge in [-0.15, -0.1) is 22.7 Å². The Morgan fingerprint density at radius 3 is 2.56 bits per heavy atom. The molecule has 1 atom stereocenters. The van der Waals surface area contributed by atoms with Gasteiger partial charge in [-0.2, -0.15) is 0 Å². The van der Waals surface area contributed by atoms with Gasteiger partial charge in [-0.3, -0.25) is 9.52 Å². The fourth-order valence-electron chi connectivity index (χ4n) is 3.46. The largest absolute Gasteiger partial charge is 0.347 e. The number of hydrogen-bond donors (Lipinski definition) is 3. The minimum atomic E-state index is -2.71. The van der Waals surface area contributed by atoms with E-state index in [1.54, 1.807) is 34.8 Å². The first-order valence-electron chi connectivity index (χ1n) is 10.5. The van der Waals surface area contributed by atoms with Gasteiger partial charge in [0.25, 0.3) is 0 Å². The number of thiol groups is 1. The zero-order valence-corrected chi connectivity index (χ0v) is 21.2. The molecule has 0 saturated heterocycles. The second-order valence-corrected chi connectivity index (χ2v) is 10.6. The molecular formula is C24H22ClN3O3S3. The minimum absolute atomic E-state index is 0.0720. The summed E-state index contributed by atoms with van der Waals surface area (Å²) in [5, 5.41) is 8.70. The van der Waals surface area contributed by atoms with Crippen molar-refractivity contribution in [2.45, 2.75) is 25.3 Å². The summed E-state index contributed by atoms with van der Waals surface area (Å²) in [6.45, 7) is 0. The highest BCUT2D eigenvalue weighted by atomic mass is 35.5. The number of thiazole rings is 1. The molecule has 0 unspecified atom stereocenters. The number of anilines is 1. The highest BCUT2D eigenvalue weighted by molar-refractivity contribution is 7.73. The molecule has 2 heterocycles. The van der Waals surface area contributed by atoms with E-state index in [4.69, 9.17) is 16.6 Å². The Hall–Kier alpha value is -2.72. The third-order valence-electron chi connectivity index (χ3n) is 5.09. The Labute approximate surface area is 212 Å². The lowest BCUT2D eigenvalue weighted by Crippen LogP contribution is -2.30. The number of carbonyl (C=O) groups is 1. The molecule has 2 aromatic heterocycles. The third-order valence-corrected chi connectivity index (χ3v) is 7.67. The summed E-state index contributed by atoms with van der Waals surface area (Å²) in [4.78, 5) is 18.7. The van der Waals surface area contributed by atoms with Crippen LogP contribution in [-0.4, -0.2) is 19.3 Å². The van der Waals surface area contributed by atoms with E-state index in [0.717, 1.165) is 26.7 Å². The first-order valence-corrected chi connectivity index (χ1v) is 13.8. The van der Waals surface area contributed by atoms with Crippen LogP contribution in [0.25, 0.3) is 9.88 Å². The molecule has 34 heavy (non-hydrogen) atoms. The highest BCUT2D eigenvalue weighted by Gasteiger charge is 2.19. The van der Waals surface area contributed by atoms with Crippen LogP contribution in [0.3, 0.4) is 0 Å². The van der Waals surface area contributed by atoms with Gasteiger partial charge in [0.05, 0.1) is 16.6 Å². The zero-order valence-electron chi connectivity index (χ0n) is 17.9. The van der Waals surface area contributed by atoms with E-state index in [-0.39, 0.29) is 11.9 Å². The van der Waals surface area contributed by atoms with Crippen molar-refractivity contribution >= 4 is 56.8 Å². The average Bonchev–Trinajstić information content (AvgIpc) is 3.50. The summed E-state index contributed by atoms with van der Waals surface area (Å²) in [5.74, 6) is -0.0720. The van der Waals surface area contributed by atoms with Crippen molar-refractivity contribution in [2.24, 2.45) is 0 Å². The van der Waals surface area contributed by atoms with Crippen LogP contribution < -0.4 is 10.0 Å². The molecule has 0 aliphatic rings. The number of carbonyl (C=O) groups excluding carboxylic acids is 1. The molecule has 0 aliphatic carbocycles. The van der Waals surface area contributed by atoms with E-state index in [9.17, 15) is 13.2 Å². The first kappa shape index (κ1) is 24.4. The fraction of sp³-hybridized carbons (Fsp3) is 0.167. The second kappa shape index (κ2) is 11.6. The van der Waals surface area contributed by atoms with Gasteiger partial charge >= 0.3 is 0 Å². The molecule has 0 bridgehead atoms. The van der Waals surface area contributed by atoms with Crippen LogP contribution in [-0.2, 0) is 28.5 Å². The van der Waals surface area contributed by atoms with Crippen molar-refractivity contribution in [3.05, 3.63) is 93.3 Å². The van der Waals surface area contributed by atoms with E-state index in [1.807, 2.05) is 59.3 Å². The molecule has 1 amide bonds. The van der Waals surface area contributed by atoms with Gasteiger partial charge in [0, 0.05) is 22.5 Å². The Morgan fingerprint density at radius 1 is 1.03 bits per heavy atom. The molecule has 0 saturated carbocycles. The maximum Gasteiger partial charge on any atom is 0.222 e. The topological polar surface area (TPSA) is 88.2 Å². The highest BCUT2D eigenvalue weighted by Crippen LogP contribution is 2.31. The van der Waals surface area contributed by atoms with Crippen LogP contribution in [0.1, 0.15) is 29.3 Å². The molecule has 2 aromatic carbocycles. The lowest BCUT2D eigenvalue weighted by molar-refractivity contribution is -0.121. The van der Waals surface area contributed by atoms with Crippen molar-refractivity contribution in [3.63, 3.8) is 0 Å². The lowest BCUT2D eigenvalue weighted by atomic mass is 10.0. The van der Waals surface area contributed by atoms with Gasteiger partial charge in [0.2, 0.25) is 16.8 Å². The fourth-order valence-corrected chi connectivity index (χ4v) is 5.72. The van der Waals surface area contributed by atoms with Crippen molar-refractivity contribution in [3.8, 4) is 9.88 Å². The summed E-state index contributed by atoms with van der Waals surface area (Å²) >= 11 is 9.23. The summed E-state index contributed by atoms with van der Waals surface area (Å²) in [6, 6.07) is 18.3. The predicted molar refractivity (Wildman–Crippen MR) is 140 cm³/mol. The van der Waals surface area contributed by atoms with Crippen molar-refractivity contribution in [1.82, 2.24) is 10.3 Å². The second-order valence-electron chi connectivity index (χ2n) is 7.57. The third kappa shape index (κ3) is 6.89. The predicted octanol–water partition coefficient (Wildman–Crippen LogP) is 5.50. The van der Waals surface area contributed by atoms with E-state index in [2.05, 4.69) is 10.0 Å². The molecule has 0 spiro atoms. The normalized spacial score (nSPS) is 11.9. The van der Waals surface area contributed by atoms with E-state index in [1.165, 1.54) is 0 Å². The summed E-state index contributed by atoms with van der Waals surface area (Å²) in [7, 11) is -2.71. The molecule has 176 valence electrons. The van der Waals surface area contributed by atoms with E-state index in [0.29, 0.717) is 30.0 Å². The molecule has 10 heteroatoms. The number of thiophene rings is 1. The number of aromatic nitrogens is 1. The van der Waals surface area contributed by atoms with Gasteiger partial charge in [-0.1, -0.05) is 41.9 Å². The number of nitrogens with one attached hydrogen (secondary N) is 2. The van der Waals surface area contributed by atoms with Crippen LogP contribution in [0, 0.1) is 0 Å². The average molecular weight is 532 g/mol. The maximum atomic E-state index is 12.8. The van der Waals surface area contributed by atoms with Crippen LogP contribution >= 0.6 is 34.3 Å². The maximum absolute atomic E-state index is 12.8.